The van der Waals surface area contributed by atoms with Gasteiger partial charge in [0.15, 0.2) is 17.1 Å². The maximum absolute atomic E-state index is 12.9. The Labute approximate surface area is 209 Å². The molecule has 0 aliphatic carbocycles. The van der Waals surface area contributed by atoms with Crippen LogP contribution in [0.25, 0.3) is 22.6 Å². The lowest BCUT2D eigenvalue weighted by molar-refractivity contribution is -0.121. The lowest BCUT2D eigenvalue weighted by Gasteiger charge is -2.30. The Morgan fingerprint density at radius 2 is 2.14 bits per heavy atom. The van der Waals surface area contributed by atoms with Gasteiger partial charge >= 0.3 is 6.01 Å². The molecule has 5 rings (SSSR count). The number of para-hydroxylation sites is 1. The minimum absolute atomic E-state index is 0.0501. The zero-order valence-corrected chi connectivity index (χ0v) is 21.0. The maximum atomic E-state index is 12.9. The van der Waals surface area contributed by atoms with Gasteiger partial charge in [-0.05, 0) is 44.0 Å². The monoisotopic (exact) mass is 536 g/mol. The van der Waals surface area contributed by atoms with Gasteiger partial charge in [-0.15, -0.1) is 16.4 Å². The molecule has 0 spiro atoms. The van der Waals surface area contributed by atoms with E-state index in [4.69, 9.17) is 25.2 Å². The Kier molecular flexibility index (Phi) is 6.53. The molecule has 1 aliphatic heterocycles. The first-order chi connectivity index (χ1) is 16.8. The number of benzene rings is 1. The second kappa shape index (κ2) is 9.61. The number of amides is 1. The molecule has 1 fully saturated rings. The third kappa shape index (κ3) is 4.79. The molecule has 1 aliphatic rings. The van der Waals surface area contributed by atoms with E-state index in [0.717, 1.165) is 16.7 Å². The molecule has 35 heavy (non-hydrogen) atoms. The molecular weight excluding hydrogens is 516 g/mol. The topological polar surface area (TPSA) is 128 Å². The van der Waals surface area contributed by atoms with Crippen LogP contribution >= 0.6 is 22.9 Å². The molecule has 1 aromatic carbocycles. The van der Waals surface area contributed by atoms with Crippen molar-refractivity contribution in [2.45, 2.75) is 24.0 Å². The molecular formula is C22H21ClN4O6S2. The van der Waals surface area contributed by atoms with Gasteiger partial charge in [0, 0.05) is 18.5 Å². The minimum Gasteiger partial charge on any atom is -0.490 e. The summed E-state index contributed by atoms with van der Waals surface area (Å²) in [7, 11) is -3.72. The molecule has 4 aromatic rings. The molecule has 0 radical (unpaired) electrons. The van der Waals surface area contributed by atoms with Crippen LogP contribution in [0.4, 0.5) is 6.01 Å². The number of nitrogens with zero attached hydrogens (tertiary/aromatic N) is 3. The van der Waals surface area contributed by atoms with E-state index >= 15 is 0 Å². The fraction of sp³-hybridized carbons (Fsp3) is 0.318. The number of piperidine rings is 1. The average molecular weight is 537 g/mol. The number of fused-ring (bicyclic) bond motifs is 1. The number of aromatic nitrogens is 2. The first-order valence-electron chi connectivity index (χ1n) is 10.9. The van der Waals surface area contributed by atoms with Crippen molar-refractivity contribution in [3.63, 3.8) is 0 Å². The molecule has 1 N–H and O–H groups in total. The standard InChI is InChI=1S/C22H21ClN4O6S2/c1-2-31-15-7-3-5-13-11-16(32-19(13)15)21-25-26-22(33-21)24-20(28)14-6-4-10-27(12-14)35(29,30)18-9-8-17(23)34-18/h3,5,7-9,11,14H,2,4,6,10,12H2,1H3,(H,24,26,28). The quantitative estimate of drug-likeness (QED) is 0.362. The molecule has 1 saturated heterocycles. The van der Waals surface area contributed by atoms with Gasteiger partial charge in [0.25, 0.3) is 15.9 Å². The SMILES string of the molecule is CCOc1cccc2cc(-c3nnc(NC(=O)C4CCCN(S(=O)(=O)c5ccc(Cl)s5)C4)o3)oc12. The van der Waals surface area contributed by atoms with Gasteiger partial charge in [-0.3, -0.25) is 10.1 Å². The highest BCUT2D eigenvalue weighted by molar-refractivity contribution is 7.91. The van der Waals surface area contributed by atoms with Crippen molar-refractivity contribution in [1.29, 1.82) is 0 Å². The lowest BCUT2D eigenvalue weighted by atomic mass is 9.99. The predicted octanol–water partition coefficient (Wildman–Crippen LogP) is 4.64. The van der Waals surface area contributed by atoms with Crippen molar-refractivity contribution in [3.05, 3.63) is 40.7 Å². The molecule has 4 heterocycles. The highest BCUT2D eigenvalue weighted by Crippen LogP contribution is 2.34. The summed E-state index contributed by atoms with van der Waals surface area (Å²) in [4.78, 5) is 12.9. The van der Waals surface area contributed by atoms with Crippen LogP contribution in [-0.2, 0) is 14.8 Å². The van der Waals surface area contributed by atoms with E-state index in [2.05, 4.69) is 15.5 Å². The second-order valence-corrected chi connectivity index (χ2v) is 11.8. The minimum atomic E-state index is -3.72. The van der Waals surface area contributed by atoms with Crippen LogP contribution < -0.4 is 10.1 Å². The van der Waals surface area contributed by atoms with Crippen molar-refractivity contribution < 1.29 is 26.8 Å². The fourth-order valence-corrected chi connectivity index (χ4v) is 7.09. The number of carbonyl (C=O) groups is 1. The van der Waals surface area contributed by atoms with Gasteiger partial charge in [0.05, 0.1) is 16.9 Å². The number of hydrogen-bond acceptors (Lipinski definition) is 9. The third-order valence-corrected chi connectivity index (χ3v) is 9.14. The van der Waals surface area contributed by atoms with Crippen molar-refractivity contribution in [2.24, 2.45) is 5.92 Å². The predicted molar refractivity (Wildman–Crippen MR) is 130 cm³/mol. The molecule has 0 saturated carbocycles. The zero-order valence-electron chi connectivity index (χ0n) is 18.6. The average Bonchev–Trinajstić information content (AvgIpc) is 3.59. The van der Waals surface area contributed by atoms with E-state index in [-0.39, 0.29) is 22.7 Å². The van der Waals surface area contributed by atoms with E-state index in [1.807, 2.05) is 19.1 Å². The third-order valence-electron chi connectivity index (χ3n) is 5.57. The van der Waals surface area contributed by atoms with Crippen molar-refractivity contribution in [3.8, 4) is 17.4 Å². The summed E-state index contributed by atoms with van der Waals surface area (Å²) in [6.45, 7) is 2.76. The molecule has 1 atom stereocenters. The Morgan fingerprint density at radius 3 is 2.91 bits per heavy atom. The van der Waals surface area contributed by atoms with E-state index in [1.54, 1.807) is 18.2 Å². The second-order valence-electron chi connectivity index (χ2n) is 7.88. The normalized spacial score (nSPS) is 17.0. The van der Waals surface area contributed by atoms with Gasteiger partial charge in [-0.1, -0.05) is 28.8 Å². The van der Waals surface area contributed by atoms with Gasteiger partial charge in [-0.25, -0.2) is 8.42 Å². The number of hydrogen-bond donors (Lipinski definition) is 1. The van der Waals surface area contributed by atoms with Gasteiger partial charge in [0.1, 0.15) is 4.21 Å². The molecule has 10 nitrogen and oxygen atoms in total. The number of nitrogens with one attached hydrogen (secondary N) is 1. The van der Waals surface area contributed by atoms with Crippen molar-refractivity contribution in [2.75, 3.05) is 25.0 Å². The largest absolute Gasteiger partial charge is 0.490 e. The van der Waals surface area contributed by atoms with Gasteiger partial charge in [-0.2, -0.15) is 4.31 Å². The number of furan rings is 1. The smallest absolute Gasteiger partial charge is 0.322 e. The number of anilines is 1. The number of ether oxygens (including phenoxy) is 1. The summed E-state index contributed by atoms with van der Waals surface area (Å²) in [5.41, 5.74) is 0.559. The van der Waals surface area contributed by atoms with E-state index < -0.39 is 21.8 Å². The Bertz CT molecular complexity index is 1480. The summed E-state index contributed by atoms with van der Waals surface area (Å²) in [6, 6.07) is 10.2. The summed E-state index contributed by atoms with van der Waals surface area (Å²) in [6.07, 6.45) is 1.08. The van der Waals surface area contributed by atoms with Crippen LogP contribution in [0, 0.1) is 5.92 Å². The Morgan fingerprint density at radius 1 is 1.29 bits per heavy atom. The Hall–Kier alpha value is -2.93. The number of carbonyl (C=O) groups excluding carboxylic acids is 1. The Balaban J connectivity index is 1.28. The zero-order chi connectivity index (χ0) is 24.6. The molecule has 0 bridgehead atoms. The summed E-state index contributed by atoms with van der Waals surface area (Å²) < 4.78 is 44.7. The molecule has 13 heteroatoms. The van der Waals surface area contributed by atoms with Gasteiger partial charge in [0.2, 0.25) is 5.91 Å². The lowest BCUT2D eigenvalue weighted by Crippen LogP contribution is -2.43. The molecule has 3 aromatic heterocycles. The first kappa shape index (κ1) is 23.8. The van der Waals surface area contributed by atoms with Gasteiger partial charge < -0.3 is 13.6 Å². The van der Waals surface area contributed by atoms with E-state index in [9.17, 15) is 13.2 Å². The van der Waals surface area contributed by atoms with Crippen LogP contribution in [0.5, 0.6) is 5.75 Å². The fourth-order valence-electron chi connectivity index (χ4n) is 3.93. The molecule has 1 amide bonds. The summed E-state index contributed by atoms with van der Waals surface area (Å²) >= 11 is 6.89. The van der Waals surface area contributed by atoms with Crippen LogP contribution in [0.2, 0.25) is 4.34 Å². The highest BCUT2D eigenvalue weighted by Gasteiger charge is 2.34. The van der Waals surface area contributed by atoms with Crippen LogP contribution in [-0.4, -0.2) is 48.5 Å². The van der Waals surface area contributed by atoms with Crippen LogP contribution in [0.3, 0.4) is 0 Å². The first-order valence-corrected chi connectivity index (χ1v) is 13.5. The molecule has 1 unspecified atom stereocenters. The number of sulfonamides is 1. The maximum Gasteiger partial charge on any atom is 0.322 e. The summed E-state index contributed by atoms with van der Waals surface area (Å²) in [5, 5.41) is 11.3. The van der Waals surface area contributed by atoms with Crippen LogP contribution in [0.1, 0.15) is 19.8 Å². The van der Waals surface area contributed by atoms with Crippen molar-refractivity contribution in [1.82, 2.24) is 14.5 Å². The number of thiophene rings is 1. The number of rotatable bonds is 7. The number of halogens is 1. The van der Waals surface area contributed by atoms with E-state index in [1.165, 1.54) is 10.4 Å². The van der Waals surface area contributed by atoms with Crippen LogP contribution in [0.15, 0.2) is 49.4 Å². The molecule has 184 valence electrons. The van der Waals surface area contributed by atoms with E-state index in [0.29, 0.717) is 47.4 Å². The summed E-state index contributed by atoms with van der Waals surface area (Å²) in [5.74, 6) is 0.0776. The highest BCUT2D eigenvalue weighted by atomic mass is 35.5. The van der Waals surface area contributed by atoms with Crippen molar-refractivity contribution >= 4 is 55.9 Å².